The van der Waals surface area contributed by atoms with Gasteiger partial charge in [-0.05, 0) is 31.5 Å². The van der Waals surface area contributed by atoms with Crippen molar-refractivity contribution in [3.8, 4) is 0 Å². The van der Waals surface area contributed by atoms with Gasteiger partial charge in [-0.15, -0.1) is 0 Å². The molecule has 0 bridgehead atoms. The predicted octanol–water partition coefficient (Wildman–Crippen LogP) is 0.892. The normalized spacial score (nSPS) is 20.4. The summed E-state index contributed by atoms with van der Waals surface area (Å²) in [6.07, 6.45) is 0. The van der Waals surface area contributed by atoms with Gasteiger partial charge in [0, 0.05) is 31.4 Å². The van der Waals surface area contributed by atoms with Crippen LogP contribution in [0.1, 0.15) is 22.8 Å². The number of anilines is 1. The Morgan fingerprint density at radius 2 is 2.29 bits per heavy atom. The third-order valence-electron chi connectivity index (χ3n) is 3.13. The Labute approximate surface area is 102 Å². The number of hydrogen-bond donors (Lipinski definition) is 2. The first-order valence-electron chi connectivity index (χ1n) is 5.96. The summed E-state index contributed by atoms with van der Waals surface area (Å²) in [5.41, 5.74) is 8.15. The van der Waals surface area contributed by atoms with Crippen molar-refractivity contribution in [2.75, 3.05) is 24.5 Å². The quantitative estimate of drug-likeness (QED) is 0.797. The van der Waals surface area contributed by atoms with Crippen molar-refractivity contribution >= 4 is 11.6 Å². The number of nitrogens with zero attached hydrogens (tertiary/aromatic N) is 1. The molecule has 4 heteroatoms. The molecule has 1 atom stereocenters. The van der Waals surface area contributed by atoms with E-state index in [-0.39, 0.29) is 5.91 Å². The highest BCUT2D eigenvalue weighted by molar-refractivity contribution is 5.98. The molecule has 1 aliphatic heterocycles. The summed E-state index contributed by atoms with van der Waals surface area (Å²) >= 11 is 0. The Hall–Kier alpha value is -1.55. The van der Waals surface area contributed by atoms with Crippen LogP contribution in [0, 0.1) is 6.92 Å². The van der Waals surface area contributed by atoms with Crippen LogP contribution in [0.3, 0.4) is 0 Å². The largest absolute Gasteiger partial charge is 0.368 e. The summed E-state index contributed by atoms with van der Waals surface area (Å²) in [7, 11) is 0. The zero-order valence-electron chi connectivity index (χ0n) is 10.4. The topological polar surface area (TPSA) is 58.4 Å². The number of hydrogen-bond acceptors (Lipinski definition) is 3. The molecule has 1 aromatic rings. The van der Waals surface area contributed by atoms with Crippen LogP contribution in [0.15, 0.2) is 18.2 Å². The van der Waals surface area contributed by atoms with Gasteiger partial charge in [-0.25, -0.2) is 0 Å². The summed E-state index contributed by atoms with van der Waals surface area (Å²) in [5.74, 6) is -0.355. The molecule has 1 aliphatic rings. The first-order valence-corrected chi connectivity index (χ1v) is 5.96. The first-order chi connectivity index (χ1) is 8.08. The average Bonchev–Trinajstić information content (AvgIpc) is 2.28. The molecule has 0 aliphatic carbocycles. The summed E-state index contributed by atoms with van der Waals surface area (Å²) in [6.45, 7) is 6.93. The average molecular weight is 233 g/mol. The van der Waals surface area contributed by atoms with Gasteiger partial charge in [0.2, 0.25) is 0 Å². The SMILES string of the molecule is Cc1ccc(C(N)=O)c(N2CCNC(C)C2)c1. The molecule has 17 heavy (non-hydrogen) atoms. The van der Waals surface area contributed by atoms with Gasteiger partial charge in [-0.2, -0.15) is 0 Å². The second kappa shape index (κ2) is 4.75. The Bertz CT molecular complexity index is 431. The number of carbonyl (C=O) groups is 1. The highest BCUT2D eigenvalue weighted by Crippen LogP contribution is 2.23. The lowest BCUT2D eigenvalue weighted by Crippen LogP contribution is -2.49. The van der Waals surface area contributed by atoms with Crippen molar-refractivity contribution < 1.29 is 4.79 Å². The minimum Gasteiger partial charge on any atom is -0.368 e. The number of nitrogens with two attached hydrogens (primary N) is 1. The van der Waals surface area contributed by atoms with Crippen molar-refractivity contribution in [1.29, 1.82) is 0 Å². The Kier molecular flexibility index (Phi) is 3.33. The van der Waals surface area contributed by atoms with Crippen molar-refractivity contribution in [3.63, 3.8) is 0 Å². The van der Waals surface area contributed by atoms with Gasteiger partial charge in [0.1, 0.15) is 0 Å². The van der Waals surface area contributed by atoms with E-state index in [1.165, 1.54) is 0 Å². The van der Waals surface area contributed by atoms with Crippen LogP contribution in [0.4, 0.5) is 5.69 Å². The summed E-state index contributed by atoms with van der Waals surface area (Å²) in [4.78, 5) is 13.7. The number of primary amides is 1. The van der Waals surface area contributed by atoms with Crippen LogP contribution < -0.4 is 16.0 Å². The fourth-order valence-corrected chi connectivity index (χ4v) is 2.26. The summed E-state index contributed by atoms with van der Waals surface area (Å²) in [6, 6.07) is 6.22. The number of amides is 1. The van der Waals surface area contributed by atoms with Gasteiger partial charge in [0.15, 0.2) is 0 Å². The van der Waals surface area contributed by atoms with E-state index in [0.29, 0.717) is 11.6 Å². The van der Waals surface area contributed by atoms with Crippen molar-refractivity contribution in [2.45, 2.75) is 19.9 Å². The monoisotopic (exact) mass is 233 g/mol. The molecule has 1 saturated heterocycles. The van der Waals surface area contributed by atoms with E-state index in [0.717, 1.165) is 30.9 Å². The molecule has 1 amide bonds. The summed E-state index contributed by atoms with van der Waals surface area (Å²) in [5, 5.41) is 3.39. The number of aryl methyl sites for hydroxylation is 1. The molecule has 1 fully saturated rings. The van der Waals surface area contributed by atoms with Gasteiger partial charge >= 0.3 is 0 Å². The smallest absolute Gasteiger partial charge is 0.250 e. The van der Waals surface area contributed by atoms with Crippen LogP contribution in [-0.4, -0.2) is 31.6 Å². The highest BCUT2D eigenvalue weighted by atomic mass is 16.1. The van der Waals surface area contributed by atoms with E-state index >= 15 is 0 Å². The van der Waals surface area contributed by atoms with Gasteiger partial charge in [-0.3, -0.25) is 4.79 Å². The molecule has 1 heterocycles. The summed E-state index contributed by atoms with van der Waals surface area (Å²) < 4.78 is 0. The van der Waals surface area contributed by atoms with Crippen LogP contribution in [0.5, 0.6) is 0 Å². The Morgan fingerprint density at radius 3 is 2.94 bits per heavy atom. The fraction of sp³-hybridized carbons (Fsp3) is 0.462. The van der Waals surface area contributed by atoms with Crippen LogP contribution in [-0.2, 0) is 0 Å². The molecular formula is C13H19N3O. The van der Waals surface area contributed by atoms with E-state index in [9.17, 15) is 4.79 Å². The molecule has 4 nitrogen and oxygen atoms in total. The zero-order chi connectivity index (χ0) is 12.4. The third-order valence-corrected chi connectivity index (χ3v) is 3.13. The number of benzene rings is 1. The molecule has 0 aromatic heterocycles. The van der Waals surface area contributed by atoms with E-state index in [1.54, 1.807) is 0 Å². The molecule has 0 radical (unpaired) electrons. The van der Waals surface area contributed by atoms with E-state index in [1.807, 2.05) is 25.1 Å². The lowest BCUT2D eigenvalue weighted by molar-refractivity contribution is 0.100. The third kappa shape index (κ3) is 2.58. The van der Waals surface area contributed by atoms with Gasteiger partial charge in [-0.1, -0.05) is 6.07 Å². The zero-order valence-corrected chi connectivity index (χ0v) is 10.4. The fourth-order valence-electron chi connectivity index (χ4n) is 2.26. The molecule has 2 rings (SSSR count). The maximum absolute atomic E-state index is 11.4. The Balaban J connectivity index is 2.35. The lowest BCUT2D eigenvalue weighted by Gasteiger charge is -2.34. The Morgan fingerprint density at radius 1 is 1.53 bits per heavy atom. The molecule has 1 unspecified atom stereocenters. The number of rotatable bonds is 2. The van der Waals surface area contributed by atoms with Crippen LogP contribution in [0.2, 0.25) is 0 Å². The molecule has 3 N–H and O–H groups in total. The maximum Gasteiger partial charge on any atom is 0.250 e. The lowest BCUT2D eigenvalue weighted by atomic mass is 10.1. The highest BCUT2D eigenvalue weighted by Gasteiger charge is 2.20. The second-order valence-electron chi connectivity index (χ2n) is 4.69. The number of nitrogens with one attached hydrogen (secondary N) is 1. The van der Waals surface area contributed by atoms with Crippen LogP contribution in [0.25, 0.3) is 0 Å². The minimum atomic E-state index is -0.355. The van der Waals surface area contributed by atoms with Crippen molar-refractivity contribution in [2.24, 2.45) is 5.73 Å². The second-order valence-corrected chi connectivity index (χ2v) is 4.69. The van der Waals surface area contributed by atoms with Gasteiger partial charge in [0.25, 0.3) is 5.91 Å². The number of piperazine rings is 1. The van der Waals surface area contributed by atoms with E-state index < -0.39 is 0 Å². The van der Waals surface area contributed by atoms with Crippen molar-refractivity contribution in [3.05, 3.63) is 29.3 Å². The maximum atomic E-state index is 11.4. The van der Waals surface area contributed by atoms with Gasteiger partial charge in [0.05, 0.1) is 5.56 Å². The predicted molar refractivity (Wildman–Crippen MR) is 69.4 cm³/mol. The molecule has 1 aromatic carbocycles. The van der Waals surface area contributed by atoms with E-state index in [4.69, 9.17) is 5.73 Å². The molecule has 0 saturated carbocycles. The minimum absolute atomic E-state index is 0.355. The van der Waals surface area contributed by atoms with Crippen LogP contribution >= 0.6 is 0 Å². The van der Waals surface area contributed by atoms with E-state index in [2.05, 4.69) is 17.1 Å². The standard InChI is InChI=1S/C13H19N3O/c1-9-3-4-11(13(14)17)12(7-9)16-6-5-15-10(2)8-16/h3-4,7,10,15H,5-6,8H2,1-2H3,(H2,14,17). The first kappa shape index (κ1) is 11.9. The number of carbonyl (C=O) groups excluding carboxylic acids is 1. The van der Waals surface area contributed by atoms with Crippen molar-refractivity contribution in [1.82, 2.24) is 5.32 Å². The molecular weight excluding hydrogens is 214 g/mol. The molecule has 0 spiro atoms. The molecule has 92 valence electrons. The van der Waals surface area contributed by atoms with Gasteiger partial charge < -0.3 is 16.0 Å².